The van der Waals surface area contributed by atoms with E-state index in [-0.39, 0.29) is 22.1 Å². The van der Waals surface area contributed by atoms with Crippen molar-refractivity contribution in [3.63, 3.8) is 0 Å². The Bertz CT molecular complexity index is 722. The molecule has 2 saturated heterocycles. The quantitative estimate of drug-likeness (QED) is 0.796. The van der Waals surface area contributed by atoms with Crippen LogP contribution in [-0.2, 0) is 4.79 Å². The standard InChI is InChI=1S/C14H16N6O2S/c1-14(2)10(11-16-18-19-17-11)20-12(22)8(13(20)23-14)9(21)7-3-5-15-6-4-7/h3-6,8-10,13,21H,1-2H3,(H,16,17,18,19). The normalized spacial score (nSPS) is 30.0. The lowest BCUT2D eigenvalue weighted by Crippen LogP contribution is -2.59. The number of H-pyrrole nitrogens is 1. The Kier molecular flexibility index (Phi) is 3.17. The summed E-state index contributed by atoms with van der Waals surface area (Å²) in [5.74, 6) is -0.0269. The second kappa shape index (κ2) is 5.00. The van der Waals surface area contributed by atoms with E-state index in [4.69, 9.17) is 0 Å². The summed E-state index contributed by atoms with van der Waals surface area (Å²) in [6.07, 6.45) is 2.40. The second-order valence-corrected chi connectivity index (χ2v) is 8.05. The zero-order valence-electron chi connectivity index (χ0n) is 12.6. The summed E-state index contributed by atoms with van der Waals surface area (Å²) < 4.78 is -0.253. The number of nitrogens with one attached hydrogen (secondary N) is 1. The van der Waals surface area contributed by atoms with Gasteiger partial charge >= 0.3 is 0 Å². The summed E-state index contributed by atoms with van der Waals surface area (Å²) >= 11 is 1.67. The van der Waals surface area contributed by atoms with E-state index in [0.717, 1.165) is 0 Å². The zero-order valence-corrected chi connectivity index (χ0v) is 13.4. The number of carbonyl (C=O) groups is 1. The van der Waals surface area contributed by atoms with Crippen LogP contribution in [0, 0.1) is 5.92 Å². The molecule has 2 aromatic rings. The molecule has 4 rings (SSSR count). The highest BCUT2D eigenvalue weighted by Crippen LogP contribution is 2.60. The van der Waals surface area contributed by atoms with Crippen molar-refractivity contribution >= 4 is 17.7 Å². The highest BCUT2D eigenvalue weighted by atomic mass is 32.2. The van der Waals surface area contributed by atoms with E-state index in [1.165, 1.54) is 0 Å². The van der Waals surface area contributed by atoms with E-state index in [1.807, 2.05) is 0 Å². The highest BCUT2D eigenvalue weighted by molar-refractivity contribution is 8.01. The van der Waals surface area contributed by atoms with E-state index < -0.39 is 12.0 Å². The number of carbonyl (C=O) groups excluding carboxylic acids is 1. The number of β-lactam (4-membered cyclic amide) rings is 1. The number of fused-ring (bicyclic) bond motifs is 1. The van der Waals surface area contributed by atoms with Gasteiger partial charge in [-0.05, 0) is 31.5 Å². The van der Waals surface area contributed by atoms with Crippen molar-refractivity contribution in [3.8, 4) is 0 Å². The maximum Gasteiger partial charge on any atom is 0.233 e. The average Bonchev–Trinajstić information content (AvgIpc) is 3.12. The van der Waals surface area contributed by atoms with Crippen LogP contribution in [0.3, 0.4) is 0 Å². The number of tetrazole rings is 1. The molecule has 23 heavy (non-hydrogen) atoms. The van der Waals surface area contributed by atoms with Crippen LogP contribution in [0.5, 0.6) is 0 Å². The zero-order chi connectivity index (χ0) is 16.2. The van der Waals surface area contributed by atoms with Crippen LogP contribution in [0.1, 0.15) is 37.4 Å². The smallest absolute Gasteiger partial charge is 0.233 e. The van der Waals surface area contributed by atoms with Crippen molar-refractivity contribution < 1.29 is 9.90 Å². The van der Waals surface area contributed by atoms with Crippen molar-refractivity contribution in [1.29, 1.82) is 0 Å². The largest absolute Gasteiger partial charge is 0.387 e. The topological polar surface area (TPSA) is 108 Å². The van der Waals surface area contributed by atoms with E-state index in [9.17, 15) is 9.90 Å². The molecule has 0 bridgehead atoms. The molecule has 2 fully saturated rings. The minimum absolute atomic E-state index is 0.0767. The van der Waals surface area contributed by atoms with E-state index in [2.05, 4.69) is 39.5 Å². The fourth-order valence-corrected chi connectivity index (χ4v) is 5.13. The molecule has 120 valence electrons. The predicted molar refractivity (Wildman–Crippen MR) is 81.9 cm³/mol. The molecule has 8 nitrogen and oxygen atoms in total. The first-order valence-electron chi connectivity index (χ1n) is 7.32. The molecule has 1 amide bonds. The predicted octanol–water partition coefficient (Wildman–Crippen LogP) is 0.679. The van der Waals surface area contributed by atoms with Gasteiger partial charge in [0.15, 0.2) is 5.82 Å². The van der Waals surface area contributed by atoms with Crippen molar-refractivity contribution in [3.05, 3.63) is 35.9 Å². The second-order valence-electron chi connectivity index (χ2n) is 6.28. The van der Waals surface area contributed by atoms with Gasteiger partial charge in [-0.15, -0.1) is 22.0 Å². The van der Waals surface area contributed by atoms with Gasteiger partial charge in [-0.2, -0.15) is 5.21 Å². The van der Waals surface area contributed by atoms with E-state index in [0.29, 0.717) is 11.4 Å². The number of nitrogens with zero attached hydrogens (tertiary/aromatic N) is 5. The van der Waals surface area contributed by atoms with Crippen LogP contribution in [0.15, 0.2) is 24.5 Å². The maximum atomic E-state index is 12.7. The number of hydrogen-bond acceptors (Lipinski definition) is 7. The fraction of sp³-hybridized carbons (Fsp3) is 0.500. The fourth-order valence-electron chi connectivity index (χ4n) is 3.40. The molecule has 2 aromatic heterocycles. The van der Waals surface area contributed by atoms with Crippen LogP contribution in [0.4, 0.5) is 0 Å². The number of aromatic nitrogens is 5. The number of thioether (sulfide) groups is 1. The molecule has 0 radical (unpaired) electrons. The van der Waals surface area contributed by atoms with Gasteiger partial charge in [0.05, 0.1) is 17.4 Å². The van der Waals surface area contributed by atoms with Gasteiger partial charge in [0.1, 0.15) is 6.04 Å². The summed E-state index contributed by atoms with van der Waals surface area (Å²) in [5, 5.41) is 24.7. The molecular weight excluding hydrogens is 316 g/mol. The lowest BCUT2D eigenvalue weighted by Gasteiger charge is -2.45. The lowest BCUT2D eigenvalue weighted by molar-refractivity contribution is -0.161. The summed E-state index contributed by atoms with van der Waals surface area (Å²) in [5.41, 5.74) is 0.708. The van der Waals surface area contributed by atoms with Gasteiger partial charge in [0, 0.05) is 17.1 Å². The monoisotopic (exact) mass is 332 g/mol. The minimum Gasteiger partial charge on any atom is -0.387 e. The Hall–Kier alpha value is -2.00. The highest BCUT2D eigenvalue weighted by Gasteiger charge is 2.64. The average molecular weight is 332 g/mol. The molecule has 2 N–H and O–H groups in total. The number of aromatic amines is 1. The van der Waals surface area contributed by atoms with Crippen LogP contribution < -0.4 is 0 Å². The van der Waals surface area contributed by atoms with Crippen LogP contribution in [-0.4, -0.2) is 51.6 Å². The van der Waals surface area contributed by atoms with Crippen LogP contribution in [0.25, 0.3) is 0 Å². The molecule has 4 unspecified atom stereocenters. The van der Waals surface area contributed by atoms with Gasteiger partial charge in [-0.25, -0.2) is 0 Å². The van der Waals surface area contributed by atoms with Gasteiger partial charge in [-0.1, -0.05) is 5.21 Å². The van der Waals surface area contributed by atoms with Crippen molar-refractivity contribution in [2.24, 2.45) is 5.92 Å². The number of hydrogen-bond donors (Lipinski definition) is 2. The Balaban J connectivity index is 1.63. The van der Waals surface area contributed by atoms with Crippen molar-refractivity contribution in [1.82, 2.24) is 30.5 Å². The molecule has 2 aliphatic heterocycles. The molecule has 0 aromatic carbocycles. The van der Waals surface area contributed by atoms with Gasteiger partial charge in [-0.3, -0.25) is 9.78 Å². The van der Waals surface area contributed by atoms with Crippen LogP contribution in [0.2, 0.25) is 0 Å². The third-order valence-electron chi connectivity index (χ3n) is 4.48. The number of aliphatic hydroxyl groups excluding tert-OH is 1. The van der Waals surface area contributed by atoms with Crippen molar-refractivity contribution in [2.45, 2.75) is 36.1 Å². The Morgan fingerprint density at radius 3 is 2.78 bits per heavy atom. The Morgan fingerprint density at radius 2 is 2.13 bits per heavy atom. The molecular formula is C14H16N6O2S. The minimum atomic E-state index is -0.834. The Labute approximate surface area is 136 Å². The summed E-state index contributed by atoms with van der Waals surface area (Å²) in [6, 6.07) is 3.23. The maximum absolute atomic E-state index is 12.7. The first kappa shape index (κ1) is 14.6. The number of aliphatic hydroxyl groups is 1. The van der Waals surface area contributed by atoms with Crippen LogP contribution >= 0.6 is 11.8 Å². The Morgan fingerprint density at radius 1 is 1.39 bits per heavy atom. The van der Waals surface area contributed by atoms with Gasteiger partial charge < -0.3 is 10.0 Å². The van der Waals surface area contributed by atoms with E-state index >= 15 is 0 Å². The first-order valence-corrected chi connectivity index (χ1v) is 8.20. The molecule has 0 spiro atoms. The summed E-state index contributed by atoms with van der Waals surface area (Å²) in [7, 11) is 0. The van der Waals surface area contributed by atoms with E-state index in [1.54, 1.807) is 41.2 Å². The number of amides is 1. The van der Waals surface area contributed by atoms with Crippen molar-refractivity contribution in [2.75, 3.05) is 0 Å². The summed E-state index contributed by atoms with van der Waals surface area (Å²) in [4.78, 5) is 18.4. The number of pyridine rings is 1. The molecule has 0 aliphatic carbocycles. The third kappa shape index (κ3) is 2.07. The molecule has 9 heteroatoms. The third-order valence-corrected chi connectivity index (χ3v) is 6.07. The van der Waals surface area contributed by atoms with Gasteiger partial charge in [0.2, 0.25) is 5.91 Å². The van der Waals surface area contributed by atoms with Gasteiger partial charge in [0.25, 0.3) is 0 Å². The SMILES string of the molecule is CC1(C)SC2C(C(O)c3ccncc3)C(=O)N2C1c1nn[nH]n1. The summed E-state index contributed by atoms with van der Waals surface area (Å²) in [6.45, 7) is 4.11. The molecule has 2 aliphatic rings. The first-order chi connectivity index (χ1) is 11.0. The molecule has 0 saturated carbocycles. The lowest BCUT2D eigenvalue weighted by atomic mass is 9.85. The molecule has 4 heterocycles. The number of rotatable bonds is 3. The molecule has 4 atom stereocenters.